The Bertz CT molecular complexity index is 1020. The molecule has 2 aromatic heterocycles. The molecule has 3 N–H and O–H groups in total. The summed E-state index contributed by atoms with van der Waals surface area (Å²) in [6, 6.07) is 5.44. The molecule has 4 atom stereocenters. The fraction of sp³-hybridized carbons (Fsp3) is 0.450. The quantitative estimate of drug-likeness (QED) is 0.528. The number of aliphatic carboxylic acids is 1. The Kier molecular flexibility index (Phi) is 6.49. The van der Waals surface area contributed by atoms with Crippen LogP contribution >= 0.6 is 23.7 Å². The lowest BCUT2D eigenvalue weighted by atomic mass is 9.72. The van der Waals surface area contributed by atoms with E-state index in [2.05, 4.69) is 30.9 Å². The van der Waals surface area contributed by atoms with Gasteiger partial charge in [0.25, 0.3) is 0 Å². The molecule has 0 unspecified atom stereocenters. The van der Waals surface area contributed by atoms with Crippen molar-refractivity contribution in [3.8, 4) is 27.7 Å². The maximum Gasteiger partial charge on any atom is 0.320 e. The van der Waals surface area contributed by atoms with Gasteiger partial charge in [-0.1, -0.05) is 6.07 Å². The van der Waals surface area contributed by atoms with Gasteiger partial charge in [0.15, 0.2) is 0 Å². The number of aromatic nitrogens is 5. The maximum absolute atomic E-state index is 11.4. The summed E-state index contributed by atoms with van der Waals surface area (Å²) in [5, 5.41) is 29.8. The van der Waals surface area contributed by atoms with Crippen molar-refractivity contribution in [2.45, 2.75) is 37.8 Å². The average molecular weight is 463 g/mol. The largest absolute Gasteiger partial charge is 0.490 e. The molecule has 1 aliphatic carbocycles. The van der Waals surface area contributed by atoms with Crippen LogP contribution in [0.15, 0.2) is 29.8 Å². The summed E-state index contributed by atoms with van der Waals surface area (Å²) in [5.74, 6) is 1.28. The molecule has 0 bridgehead atoms. The van der Waals surface area contributed by atoms with Gasteiger partial charge < -0.3 is 15.2 Å². The molecule has 1 aliphatic heterocycles. The molecule has 3 heterocycles. The molecule has 164 valence electrons. The molecular formula is C20H23ClN6O3S. The number of hydrogen-bond donors (Lipinski definition) is 3. The number of tetrazole rings is 1. The van der Waals surface area contributed by atoms with Crippen molar-refractivity contribution in [3.63, 3.8) is 0 Å². The molecular weight excluding hydrogens is 440 g/mol. The van der Waals surface area contributed by atoms with Crippen molar-refractivity contribution in [1.82, 2.24) is 30.9 Å². The predicted octanol–water partition coefficient (Wildman–Crippen LogP) is 3.02. The van der Waals surface area contributed by atoms with E-state index in [0.29, 0.717) is 29.8 Å². The zero-order chi connectivity index (χ0) is 20.5. The second kappa shape index (κ2) is 9.29. The summed E-state index contributed by atoms with van der Waals surface area (Å²) in [4.78, 5) is 15.8. The highest BCUT2D eigenvalue weighted by atomic mass is 35.5. The summed E-state index contributed by atoms with van der Waals surface area (Å²) >= 11 is 1.57. The molecule has 1 saturated carbocycles. The van der Waals surface area contributed by atoms with E-state index in [0.717, 1.165) is 41.9 Å². The van der Waals surface area contributed by atoms with Crippen LogP contribution in [0.25, 0.3) is 22.0 Å². The summed E-state index contributed by atoms with van der Waals surface area (Å²) in [7, 11) is 0. The lowest BCUT2D eigenvalue weighted by Crippen LogP contribution is -2.50. The number of carboxylic acids is 1. The fourth-order valence-corrected chi connectivity index (χ4v) is 5.21. The van der Waals surface area contributed by atoms with Crippen molar-refractivity contribution >= 4 is 29.7 Å². The monoisotopic (exact) mass is 462 g/mol. The second-order valence-corrected chi connectivity index (χ2v) is 8.79. The van der Waals surface area contributed by atoms with Gasteiger partial charge in [-0.15, -0.1) is 33.9 Å². The Hall–Kier alpha value is -2.56. The van der Waals surface area contributed by atoms with Crippen LogP contribution in [-0.2, 0) is 4.79 Å². The molecule has 0 amide bonds. The van der Waals surface area contributed by atoms with Crippen molar-refractivity contribution < 1.29 is 14.6 Å². The molecule has 2 fully saturated rings. The van der Waals surface area contributed by atoms with Crippen molar-refractivity contribution in [3.05, 3.63) is 29.8 Å². The first-order valence-electron chi connectivity index (χ1n) is 10.1. The van der Waals surface area contributed by atoms with Crippen LogP contribution in [0.4, 0.5) is 0 Å². The van der Waals surface area contributed by atoms with E-state index in [1.165, 1.54) is 0 Å². The second-order valence-electron chi connectivity index (χ2n) is 7.89. The molecule has 5 rings (SSSR count). The molecule has 1 aromatic carbocycles. The Balaban J connectivity index is 0.00000231. The molecule has 2 aliphatic rings. The topological polar surface area (TPSA) is 126 Å². The van der Waals surface area contributed by atoms with E-state index >= 15 is 0 Å². The highest BCUT2D eigenvalue weighted by molar-refractivity contribution is 7.13. The minimum atomic E-state index is -0.771. The minimum Gasteiger partial charge on any atom is -0.490 e. The number of H-pyrrole nitrogens is 1. The normalized spacial score (nSPS) is 25.3. The Morgan fingerprint density at radius 1 is 1.23 bits per heavy atom. The predicted molar refractivity (Wildman–Crippen MR) is 117 cm³/mol. The number of rotatable bonds is 5. The highest BCUT2D eigenvalue weighted by Gasteiger charge is 2.38. The highest BCUT2D eigenvalue weighted by Crippen LogP contribution is 2.40. The van der Waals surface area contributed by atoms with E-state index < -0.39 is 12.0 Å². The van der Waals surface area contributed by atoms with E-state index in [-0.39, 0.29) is 18.5 Å². The van der Waals surface area contributed by atoms with E-state index in [1.807, 2.05) is 23.6 Å². The van der Waals surface area contributed by atoms with E-state index in [1.54, 1.807) is 17.5 Å². The van der Waals surface area contributed by atoms with Gasteiger partial charge in [0.2, 0.25) is 5.82 Å². The lowest BCUT2D eigenvalue weighted by Gasteiger charge is -2.41. The zero-order valence-electron chi connectivity index (χ0n) is 16.6. The van der Waals surface area contributed by atoms with Gasteiger partial charge in [0.05, 0.1) is 11.7 Å². The van der Waals surface area contributed by atoms with Crippen LogP contribution in [0.1, 0.15) is 25.7 Å². The number of halogens is 1. The van der Waals surface area contributed by atoms with Gasteiger partial charge in [-0.2, -0.15) is 5.21 Å². The van der Waals surface area contributed by atoms with Crippen molar-refractivity contribution in [2.75, 3.05) is 6.54 Å². The smallest absolute Gasteiger partial charge is 0.320 e. The van der Waals surface area contributed by atoms with Crippen molar-refractivity contribution in [2.24, 2.45) is 11.8 Å². The Morgan fingerprint density at radius 2 is 2.13 bits per heavy atom. The van der Waals surface area contributed by atoms with Crippen LogP contribution in [0, 0.1) is 11.8 Å². The molecule has 1 saturated heterocycles. The zero-order valence-corrected chi connectivity index (χ0v) is 18.2. The molecule has 31 heavy (non-hydrogen) atoms. The van der Waals surface area contributed by atoms with Crippen LogP contribution in [-0.4, -0.2) is 55.4 Å². The molecule has 0 spiro atoms. The van der Waals surface area contributed by atoms with Gasteiger partial charge in [-0.25, -0.2) is 4.98 Å². The van der Waals surface area contributed by atoms with Crippen LogP contribution in [0.2, 0.25) is 0 Å². The van der Waals surface area contributed by atoms with E-state index in [4.69, 9.17) is 4.74 Å². The number of aromatic amines is 1. The number of ether oxygens (including phenoxy) is 1. The number of carboxylic acid groups (broad SMARTS) is 1. The number of fused-ring (bicyclic) bond motifs is 1. The van der Waals surface area contributed by atoms with Crippen molar-refractivity contribution in [1.29, 1.82) is 0 Å². The SMILES string of the molecule is Cl.O=C(O)[C@@H]1C[C@H]2C[C@@H](Oc3cc(-c4nccs4)ccc3-c3nn[nH]n3)CC[C@H]2CN1. The average Bonchev–Trinajstić information content (AvgIpc) is 3.47. The third-order valence-electron chi connectivity index (χ3n) is 6.10. The number of benzene rings is 1. The third kappa shape index (κ3) is 4.56. The van der Waals surface area contributed by atoms with Gasteiger partial charge in [0.1, 0.15) is 16.8 Å². The first-order valence-corrected chi connectivity index (χ1v) is 11.0. The minimum absolute atomic E-state index is 0. The lowest BCUT2D eigenvalue weighted by molar-refractivity contribution is -0.141. The standard InChI is InChI=1S/C20H22N6O3S.ClH/c27-20(28)16-8-13-7-14(3-1-12(13)10-22-16)29-17-9-11(19-21-5-6-30-19)2-4-15(17)18-23-25-26-24-18;/h2,4-6,9,12-14,16,22H,1,3,7-8,10H2,(H,27,28)(H,23,24,25,26);1H/t12-,13+,14-,16-;/m0./s1. The number of nitrogens with one attached hydrogen (secondary N) is 2. The first-order chi connectivity index (χ1) is 14.7. The number of thiazole rings is 1. The maximum atomic E-state index is 11.4. The molecule has 0 radical (unpaired) electrons. The number of piperidine rings is 1. The van der Waals surface area contributed by atoms with Gasteiger partial charge in [-0.3, -0.25) is 4.79 Å². The van der Waals surface area contributed by atoms with Crippen LogP contribution in [0.5, 0.6) is 5.75 Å². The van der Waals surface area contributed by atoms with Gasteiger partial charge in [-0.05, 0) is 61.4 Å². The summed E-state index contributed by atoms with van der Waals surface area (Å²) < 4.78 is 6.48. The van der Waals surface area contributed by atoms with Gasteiger partial charge >= 0.3 is 5.97 Å². The van der Waals surface area contributed by atoms with Gasteiger partial charge in [0, 0.05) is 17.1 Å². The summed E-state index contributed by atoms with van der Waals surface area (Å²) in [5.41, 5.74) is 1.76. The van der Waals surface area contributed by atoms with Crippen LogP contribution < -0.4 is 10.1 Å². The Labute approximate surface area is 189 Å². The number of nitrogens with zero attached hydrogens (tertiary/aromatic N) is 4. The number of carbonyl (C=O) groups is 1. The Morgan fingerprint density at radius 3 is 2.87 bits per heavy atom. The summed E-state index contributed by atoms with van der Waals surface area (Å²) in [6.45, 7) is 0.766. The number of hydrogen-bond acceptors (Lipinski definition) is 8. The first kappa shape index (κ1) is 21.7. The molecule has 3 aromatic rings. The molecule has 11 heteroatoms. The fourth-order valence-electron chi connectivity index (χ4n) is 4.57. The summed E-state index contributed by atoms with van der Waals surface area (Å²) in [6.07, 6.45) is 5.27. The molecule has 9 nitrogen and oxygen atoms in total. The third-order valence-corrected chi connectivity index (χ3v) is 6.92. The van der Waals surface area contributed by atoms with Crippen LogP contribution in [0.3, 0.4) is 0 Å². The van der Waals surface area contributed by atoms with E-state index in [9.17, 15) is 9.90 Å².